The fraction of sp³-hybridized carbons (Fsp3) is 0. The van der Waals surface area contributed by atoms with Gasteiger partial charge in [-0.15, -0.1) is 9.46 Å². The van der Waals surface area contributed by atoms with Gasteiger partial charge in [-0.3, -0.25) is 14.1 Å². The molecule has 0 saturated heterocycles. The molecule has 0 spiro atoms. The monoisotopic (exact) mass is 364 g/mol. The molecule has 0 unspecified atom stereocenters. The minimum Gasteiger partial charge on any atom is -0.368 e. The molecule has 0 aliphatic rings. The maximum absolute atomic E-state index is 12.3. The van der Waals surface area contributed by atoms with E-state index in [1.54, 1.807) is 0 Å². The molecule has 0 saturated carbocycles. The Labute approximate surface area is 137 Å². The Balaban J connectivity index is 1.65. The third kappa shape index (κ3) is 2.75. The zero-order valence-corrected chi connectivity index (χ0v) is 13.1. The van der Waals surface area contributed by atoms with E-state index < -0.39 is 7.82 Å². The number of nitrogens with two attached hydrogens (primary N) is 2. The van der Waals surface area contributed by atoms with Crippen molar-refractivity contribution in [2.75, 3.05) is 11.5 Å². The predicted molar refractivity (Wildman–Crippen MR) is 82.5 cm³/mol. The van der Waals surface area contributed by atoms with Gasteiger partial charge in [-0.1, -0.05) is 0 Å². The molecule has 25 heavy (non-hydrogen) atoms. The number of imidazole rings is 2. The van der Waals surface area contributed by atoms with E-state index in [-0.39, 0.29) is 23.2 Å². The van der Waals surface area contributed by atoms with Gasteiger partial charge in [0.05, 0.1) is 12.4 Å². The first kappa shape index (κ1) is 15.0. The molecule has 14 nitrogen and oxygen atoms in total. The van der Waals surface area contributed by atoms with Gasteiger partial charge in [-0.05, 0) is 0 Å². The lowest BCUT2D eigenvalue weighted by molar-refractivity contribution is 0.133. The molecule has 4 aromatic rings. The van der Waals surface area contributed by atoms with Crippen LogP contribution in [0.1, 0.15) is 0 Å². The summed E-state index contributed by atoms with van der Waals surface area (Å²) in [7, 11) is -4.67. The lowest BCUT2D eigenvalue weighted by atomic mass is 10.6. The van der Waals surface area contributed by atoms with Crippen molar-refractivity contribution in [1.29, 1.82) is 0 Å². The Hall–Kier alpha value is -3.51. The molecule has 0 aromatic carbocycles. The second-order valence-electron chi connectivity index (χ2n) is 4.65. The molecule has 128 valence electrons. The molecule has 5 N–H and O–H groups in total. The van der Waals surface area contributed by atoms with Crippen LogP contribution in [0, 0.1) is 0 Å². The van der Waals surface area contributed by atoms with E-state index in [2.05, 4.69) is 29.9 Å². The lowest BCUT2D eigenvalue weighted by Crippen LogP contribution is -2.18. The van der Waals surface area contributed by atoms with Crippen LogP contribution in [-0.2, 0) is 4.57 Å². The van der Waals surface area contributed by atoms with E-state index in [9.17, 15) is 9.46 Å². The van der Waals surface area contributed by atoms with E-state index in [4.69, 9.17) is 20.7 Å². The normalized spacial score (nSPS) is 11.9. The highest BCUT2D eigenvalue weighted by molar-refractivity contribution is 7.47. The van der Waals surface area contributed by atoms with Gasteiger partial charge in [-0.25, -0.2) is 24.5 Å². The number of fused-ring (bicyclic) bond motifs is 2. The average molecular weight is 364 g/mol. The predicted octanol–water partition coefficient (Wildman–Crippen LogP) is -1.21. The van der Waals surface area contributed by atoms with Crippen LogP contribution in [0.15, 0.2) is 25.0 Å². The summed E-state index contributed by atoms with van der Waals surface area (Å²) >= 11 is 0. The van der Waals surface area contributed by atoms with Crippen molar-refractivity contribution in [1.82, 2.24) is 39.4 Å². The van der Waals surface area contributed by atoms with Crippen molar-refractivity contribution in [2.24, 2.45) is 0 Å². The van der Waals surface area contributed by atoms with Crippen molar-refractivity contribution in [2.45, 2.75) is 0 Å². The van der Waals surface area contributed by atoms with Crippen LogP contribution in [0.5, 0.6) is 0 Å². The highest BCUT2D eigenvalue weighted by atomic mass is 31.2. The zero-order chi connectivity index (χ0) is 17.6. The lowest BCUT2D eigenvalue weighted by Gasteiger charge is -2.13. The Morgan fingerprint density at radius 3 is 1.76 bits per heavy atom. The number of phosphoric acid groups is 1. The molecule has 0 radical (unpaired) electrons. The van der Waals surface area contributed by atoms with Crippen molar-refractivity contribution >= 4 is 42.0 Å². The van der Waals surface area contributed by atoms with E-state index >= 15 is 0 Å². The smallest absolute Gasteiger partial charge is 0.368 e. The van der Waals surface area contributed by atoms with Gasteiger partial charge in [0.2, 0.25) is 23.2 Å². The molecule has 0 bridgehead atoms. The molecular formula is C10H9N10O4P. The average Bonchev–Trinajstić information content (AvgIpc) is 3.11. The minimum absolute atomic E-state index is 0.0562. The van der Waals surface area contributed by atoms with Crippen LogP contribution in [0.4, 0.5) is 11.9 Å². The topological polar surface area (TPSA) is 195 Å². The summed E-state index contributed by atoms with van der Waals surface area (Å²) in [5, 5.41) is 0. The third-order valence-electron chi connectivity index (χ3n) is 2.94. The summed E-state index contributed by atoms with van der Waals surface area (Å²) in [6.07, 6.45) is 4.92. The highest BCUT2D eigenvalue weighted by Gasteiger charge is 2.29. The fourth-order valence-corrected chi connectivity index (χ4v) is 2.67. The van der Waals surface area contributed by atoms with Crippen LogP contribution in [0.25, 0.3) is 22.3 Å². The first-order chi connectivity index (χ1) is 11.9. The summed E-state index contributed by atoms with van der Waals surface area (Å²) in [6.45, 7) is 0. The second kappa shape index (κ2) is 5.25. The van der Waals surface area contributed by atoms with E-state index in [0.29, 0.717) is 11.0 Å². The van der Waals surface area contributed by atoms with Gasteiger partial charge in [0, 0.05) is 0 Å². The largest absolute Gasteiger partial charge is 0.624 e. The molecule has 4 rings (SSSR count). The summed E-state index contributed by atoms with van der Waals surface area (Å²) in [5.41, 5.74) is 11.8. The second-order valence-corrected chi connectivity index (χ2v) is 5.91. The Morgan fingerprint density at radius 1 is 0.880 bits per heavy atom. The van der Waals surface area contributed by atoms with Gasteiger partial charge in [0.25, 0.3) is 0 Å². The molecule has 0 atom stereocenters. The van der Waals surface area contributed by atoms with Gasteiger partial charge < -0.3 is 11.5 Å². The molecule has 0 fully saturated rings. The van der Waals surface area contributed by atoms with Crippen molar-refractivity contribution in [3.05, 3.63) is 25.0 Å². The van der Waals surface area contributed by atoms with Gasteiger partial charge in [0.15, 0.2) is 0 Å². The molecule has 4 heterocycles. The molecule has 0 amide bonds. The molecular weight excluding hydrogens is 355 g/mol. The van der Waals surface area contributed by atoms with Crippen LogP contribution in [-0.4, -0.2) is 44.3 Å². The maximum Gasteiger partial charge on any atom is 0.624 e. The fourth-order valence-electron chi connectivity index (χ4n) is 1.96. The van der Waals surface area contributed by atoms with E-state index in [1.165, 1.54) is 12.4 Å². The first-order valence-electron chi connectivity index (χ1n) is 6.55. The van der Waals surface area contributed by atoms with Crippen LogP contribution >= 0.6 is 7.82 Å². The Morgan fingerprint density at radius 2 is 1.32 bits per heavy atom. The number of anilines is 2. The summed E-state index contributed by atoms with van der Waals surface area (Å²) in [5.74, 6) is -0.112. The number of nitrogen functional groups attached to an aromatic ring is 2. The van der Waals surface area contributed by atoms with Gasteiger partial charge in [0.1, 0.15) is 23.7 Å². The van der Waals surface area contributed by atoms with Crippen molar-refractivity contribution in [3.8, 4) is 0 Å². The first-order valence-corrected chi connectivity index (χ1v) is 8.05. The highest BCUT2D eigenvalue weighted by Crippen LogP contribution is 2.36. The molecule has 0 aliphatic heterocycles. The summed E-state index contributed by atoms with van der Waals surface area (Å²) < 4.78 is 23.8. The Bertz CT molecular complexity index is 1050. The van der Waals surface area contributed by atoms with Crippen LogP contribution < -0.4 is 20.7 Å². The number of hydrogen-bond donors (Lipinski definition) is 3. The van der Waals surface area contributed by atoms with Crippen molar-refractivity contribution in [3.63, 3.8) is 0 Å². The number of hydrogen-bond acceptors (Lipinski definition) is 11. The number of nitrogens with zero attached hydrogens (tertiary/aromatic N) is 8. The SMILES string of the molecule is Nc1ncc2ncn(OP(=O)(O)On3cnc4cnc(N)nc43)c2n1. The van der Waals surface area contributed by atoms with E-state index in [1.807, 2.05) is 0 Å². The third-order valence-corrected chi connectivity index (χ3v) is 3.71. The standard InChI is InChI=1S/C10H9N10O4P/c11-9-13-1-5-7(17-9)19(3-15-5)23-25(21,22)24-20-4-16-6-2-14-10(12)18-8(6)20/h1-4H,(H,21,22)(H2,11,13,17)(H2,12,14,18). The zero-order valence-electron chi connectivity index (χ0n) is 12.2. The van der Waals surface area contributed by atoms with Gasteiger partial charge >= 0.3 is 7.82 Å². The molecule has 4 aromatic heterocycles. The van der Waals surface area contributed by atoms with Crippen molar-refractivity contribution < 1.29 is 18.7 Å². The van der Waals surface area contributed by atoms with Crippen LogP contribution in [0.2, 0.25) is 0 Å². The molecule has 0 aliphatic carbocycles. The quantitative estimate of drug-likeness (QED) is 0.366. The van der Waals surface area contributed by atoms with E-state index in [0.717, 1.165) is 22.1 Å². The molecule has 15 heteroatoms. The number of aromatic nitrogens is 8. The summed E-state index contributed by atoms with van der Waals surface area (Å²) in [4.78, 5) is 33.1. The number of rotatable bonds is 4. The Kier molecular flexibility index (Phi) is 3.16. The van der Waals surface area contributed by atoms with Gasteiger partial charge in [-0.2, -0.15) is 9.97 Å². The summed E-state index contributed by atoms with van der Waals surface area (Å²) in [6, 6.07) is 0. The van der Waals surface area contributed by atoms with Crippen LogP contribution in [0.3, 0.4) is 0 Å². The maximum atomic E-state index is 12.3. The minimum atomic E-state index is -4.67.